The van der Waals surface area contributed by atoms with Crippen molar-refractivity contribution in [3.05, 3.63) is 63.4 Å². The van der Waals surface area contributed by atoms with Crippen molar-refractivity contribution in [1.82, 2.24) is 20.2 Å². The van der Waals surface area contributed by atoms with Crippen molar-refractivity contribution in [3.63, 3.8) is 0 Å². The Kier molecular flexibility index (Phi) is 6.57. The van der Waals surface area contributed by atoms with Crippen LogP contribution < -0.4 is 5.32 Å². The summed E-state index contributed by atoms with van der Waals surface area (Å²) in [5.41, 5.74) is 2.37. The first-order valence-corrected chi connectivity index (χ1v) is 13.0. The summed E-state index contributed by atoms with van der Waals surface area (Å²) in [5.74, 6) is 0.962. The van der Waals surface area contributed by atoms with Crippen molar-refractivity contribution >= 4 is 35.5 Å². The molecule has 7 nitrogen and oxygen atoms in total. The Hall–Kier alpha value is -2.51. The number of carbonyl (C=O) groups is 1. The van der Waals surface area contributed by atoms with Gasteiger partial charge in [0.2, 0.25) is 0 Å². The maximum Gasteiger partial charge on any atom is 0.334 e. The van der Waals surface area contributed by atoms with E-state index in [2.05, 4.69) is 21.4 Å². The molecule has 1 aromatic rings. The van der Waals surface area contributed by atoms with Crippen LogP contribution in [0.15, 0.2) is 57.8 Å². The number of nitrogens with one attached hydrogen (secondary N) is 1. The van der Waals surface area contributed by atoms with E-state index in [0.29, 0.717) is 23.9 Å². The first-order chi connectivity index (χ1) is 16.7. The number of nitrogens with zero attached hydrogens (tertiary/aromatic N) is 4. The van der Waals surface area contributed by atoms with Gasteiger partial charge in [-0.2, -0.15) is 5.10 Å². The molecule has 1 fully saturated rings. The van der Waals surface area contributed by atoms with E-state index < -0.39 is 11.6 Å². The maximum absolute atomic E-state index is 13.5. The fraction of sp³-hybridized carbons (Fsp3) is 0.500. The van der Waals surface area contributed by atoms with Gasteiger partial charge in [-0.05, 0) is 88.5 Å². The molecule has 2 aliphatic carbocycles. The van der Waals surface area contributed by atoms with Crippen LogP contribution in [-0.2, 0) is 9.53 Å². The van der Waals surface area contributed by atoms with E-state index in [9.17, 15) is 4.79 Å². The van der Waals surface area contributed by atoms with Crippen LogP contribution >= 0.6 is 23.2 Å². The Morgan fingerprint density at radius 3 is 2.66 bits per heavy atom. The minimum absolute atomic E-state index is 0.226. The number of esters is 1. The maximum atomic E-state index is 13.5. The highest BCUT2D eigenvalue weighted by Crippen LogP contribution is 2.41. The monoisotopic (exact) mass is 515 g/mol. The molecule has 3 heterocycles. The number of ether oxygens (including phenoxy) is 1. The van der Waals surface area contributed by atoms with Gasteiger partial charge in [0.15, 0.2) is 6.04 Å². The molecule has 1 N–H and O–H groups in total. The molecule has 0 saturated heterocycles. The zero-order chi connectivity index (χ0) is 24.7. The van der Waals surface area contributed by atoms with Gasteiger partial charge in [-0.25, -0.2) is 14.8 Å². The van der Waals surface area contributed by atoms with Gasteiger partial charge in [0, 0.05) is 23.1 Å². The Balaban J connectivity index is 1.38. The van der Waals surface area contributed by atoms with Gasteiger partial charge in [-0.3, -0.25) is 4.90 Å². The van der Waals surface area contributed by atoms with E-state index in [1.54, 1.807) is 12.5 Å². The van der Waals surface area contributed by atoms with Crippen LogP contribution in [0.4, 0.5) is 0 Å². The van der Waals surface area contributed by atoms with Gasteiger partial charge in [0.05, 0.1) is 6.04 Å². The molecule has 4 aliphatic rings. The first kappa shape index (κ1) is 24.2. The topological polar surface area (TPSA) is 70.1 Å². The van der Waals surface area contributed by atoms with Gasteiger partial charge in [-0.15, -0.1) is 0 Å². The third kappa shape index (κ3) is 4.94. The molecule has 0 radical (unpaired) electrons. The highest BCUT2D eigenvalue weighted by atomic mass is 35.5. The van der Waals surface area contributed by atoms with E-state index >= 15 is 0 Å². The number of allylic oxidation sites excluding steroid dienone is 2. The first-order valence-electron chi connectivity index (χ1n) is 12.2. The van der Waals surface area contributed by atoms with Gasteiger partial charge >= 0.3 is 5.97 Å². The normalized spacial score (nSPS) is 26.4. The van der Waals surface area contributed by atoms with Crippen molar-refractivity contribution in [2.75, 3.05) is 0 Å². The van der Waals surface area contributed by atoms with E-state index in [-0.39, 0.29) is 12.0 Å². The average molecular weight is 516 g/mol. The lowest BCUT2D eigenvalue weighted by atomic mass is 9.82. The van der Waals surface area contributed by atoms with Crippen LogP contribution in [0.25, 0.3) is 0 Å². The SMILES string of the molecule is CC(C)(C)OC(=O)C1C2=C(C=C(Cl)CC2)NC=C2N1C=NN2[C@H]1CC[C@H](c2cccnc2Cl)CC1. The second-order valence-electron chi connectivity index (χ2n) is 10.5. The number of aromatic nitrogens is 1. The van der Waals surface area contributed by atoms with E-state index in [0.717, 1.165) is 53.4 Å². The Morgan fingerprint density at radius 1 is 1.17 bits per heavy atom. The van der Waals surface area contributed by atoms with Crippen molar-refractivity contribution in [3.8, 4) is 0 Å². The van der Waals surface area contributed by atoms with Crippen LogP contribution in [0, 0.1) is 0 Å². The standard InChI is InChI=1S/C26H31Cl2N5O2/c1-26(2,3)35-25(34)23-20-11-8-17(27)13-21(20)30-14-22-32(23)15-31-33(22)18-9-6-16(7-10-18)19-5-4-12-29-24(19)28/h4-5,12-16,18,23,30H,6-11H2,1-3H3/t16-,18-,23?. The summed E-state index contributed by atoms with van der Waals surface area (Å²) >= 11 is 12.7. The van der Waals surface area contributed by atoms with Crippen molar-refractivity contribution < 1.29 is 9.53 Å². The molecule has 0 spiro atoms. The fourth-order valence-electron chi connectivity index (χ4n) is 5.36. The molecular formula is C26H31Cl2N5O2. The Bertz CT molecular complexity index is 1130. The summed E-state index contributed by atoms with van der Waals surface area (Å²) in [4.78, 5) is 19.7. The number of rotatable bonds is 3. The predicted octanol–water partition coefficient (Wildman–Crippen LogP) is 5.61. The molecule has 5 rings (SSSR count). The van der Waals surface area contributed by atoms with E-state index in [1.165, 1.54) is 0 Å². The lowest BCUT2D eigenvalue weighted by Crippen LogP contribution is -2.45. The smallest absolute Gasteiger partial charge is 0.334 e. The molecule has 35 heavy (non-hydrogen) atoms. The average Bonchev–Trinajstić information content (AvgIpc) is 3.14. The summed E-state index contributed by atoms with van der Waals surface area (Å²) in [6, 6.07) is 3.66. The summed E-state index contributed by atoms with van der Waals surface area (Å²) in [6.45, 7) is 5.67. The van der Waals surface area contributed by atoms with Gasteiger partial charge < -0.3 is 10.1 Å². The molecule has 186 valence electrons. The molecule has 1 atom stereocenters. The van der Waals surface area contributed by atoms with Gasteiger partial charge in [0.1, 0.15) is 22.9 Å². The summed E-state index contributed by atoms with van der Waals surface area (Å²) < 4.78 is 5.85. The highest BCUT2D eigenvalue weighted by molar-refractivity contribution is 6.30. The summed E-state index contributed by atoms with van der Waals surface area (Å²) in [6.07, 6.45) is 12.7. The van der Waals surface area contributed by atoms with Crippen LogP contribution in [0.5, 0.6) is 0 Å². The van der Waals surface area contributed by atoms with Crippen LogP contribution in [0.2, 0.25) is 5.15 Å². The lowest BCUT2D eigenvalue weighted by molar-refractivity contribution is -0.158. The number of pyridine rings is 1. The predicted molar refractivity (Wildman–Crippen MR) is 137 cm³/mol. The van der Waals surface area contributed by atoms with E-state index in [1.807, 2.05) is 44.0 Å². The third-order valence-electron chi connectivity index (χ3n) is 6.95. The Labute approximate surface area is 216 Å². The zero-order valence-corrected chi connectivity index (χ0v) is 21.8. The molecule has 1 unspecified atom stereocenters. The minimum Gasteiger partial charge on any atom is -0.458 e. The molecule has 9 heteroatoms. The number of hydrazone groups is 1. The highest BCUT2D eigenvalue weighted by Gasteiger charge is 2.43. The molecule has 0 amide bonds. The molecule has 0 aromatic carbocycles. The number of carbonyl (C=O) groups excluding carboxylic acids is 1. The molecular weight excluding hydrogens is 485 g/mol. The zero-order valence-electron chi connectivity index (χ0n) is 20.3. The summed E-state index contributed by atoms with van der Waals surface area (Å²) in [5, 5.41) is 11.6. The number of hydrogen-bond donors (Lipinski definition) is 1. The number of hydrogen-bond acceptors (Lipinski definition) is 7. The van der Waals surface area contributed by atoms with Gasteiger partial charge in [-0.1, -0.05) is 29.3 Å². The third-order valence-corrected chi connectivity index (χ3v) is 7.56. The summed E-state index contributed by atoms with van der Waals surface area (Å²) in [7, 11) is 0. The Morgan fingerprint density at radius 2 is 1.94 bits per heavy atom. The molecule has 1 saturated carbocycles. The molecule has 2 aliphatic heterocycles. The fourth-order valence-corrected chi connectivity index (χ4v) is 5.83. The lowest BCUT2D eigenvalue weighted by Gasteiger charge is -2.36. The van der Waals surface area contributed by atoms with Crippen molar-refractivity contribution in [2.24, 2.45) is 5.10 Å². The second-order valence-corrected chi connectivity index (χ2v) is 11.3. The number of fused-ring (bicyclic) bond motifs is 1. The largest absolute Gasteiger partial charge is 0.458 e. The molecule has 1 aromatic heterocycles. The number of halogens is 2. The van der Waals surface area contributed by atoms with Crippen LogP contribution in [-0.4, -0.2) is 44.9 Å². The van der Waals surface area contributed by atoms with Crippen LogP contribution in [0.3, 0.4) is 0 Å². The molecule has 0 bridgehead atoms. The van der Waals surface area contributed by atoms with E-state index in [4.69, 9.17) is 33.0 Å². The second kappa shape index (κ2) is 9.51. The quantitative estimate of drug-likeness (QED) is 0.417. The minimum atomic E-state index is -0.592. The van der Waals surface area contributed by atoms with Crippen molar-refractivity contribution in [2.45, 2.75) is 82.9 Å². The van der Waals surface area contributed by atoms with Crippen LogP contribution in [0.1, 0.15) is 70.8 Å². The van der Waals surface area contributed by atoms with Gasteiger partial charge in [0.25, 0.3) is 0 Å². The van der Waals surface area contributed by atoms with Crippen molar-refractivity contribution in [1.29, 1.82) is 0 Å².